The molecule has 1 heterocycles. The highest BCUT2D eigenvalue weighted by molar-refractivity contribution is 7.99. The van der Waals surface area contributed by atoms with Crippen LogP contribution in [0.2, 0.25) is 0 Å². The summed E-state index contributed by atoms with van der Waals surface area (Å²) in [6.45, 7) is 3.67. The summed E-state index contributed by atoms with van der Waals surface area (Å²) in [5.74, 6) is 1.05. The van der Waals surface area contributed by atoms with Crippen molar-refractivity contribution in [1.82, 2.24) is 10.6 Å². The van der Waals surface area contributed by atoms with Gasteiger partial charge in [-0.1, -0.05) is 29.8 Å². The molecule has 0 saturated carbocycles. The van der Waals surface area contributed by atoms with E-state index in [2.05, 4.69) is 16.0 Å². The van der Waals surface area contributed by atoms with Gasteiger partial charge in [-0.05, 0) is 62.4 Å². The van der Waals surface area contributed by atoms with Crippen LogP contribution in [0, 0.1) is 6.92 Å². The standard InChI is InChI=1S/C25H23N3O4S/c1-16-7-11-18(12-8-16)32-19-13-9-17(10-14-19)26-22(29)20-5-3-4-6-21(20)33-15-25(2)23(30)27-24(31)28-25/h3-14H,15H2,1-2H3,(H,26,29)(H2,27,28,30,31)/t25-/m0/s1. The maximum Gasteiger partial charge on any atom is 0.322 e. The summed E-state index contributed by atoms with van der Waals surface area (Å²) >= 11 is 1.34. The van der Waals surface area contributed by atoms with Crippen molar-refractivity contribution >= 4 is 35.3 Å². The first-order valence-electron chi connectivity index (χ1n) is 10.3. The molecule has 1 fully saturated rings. The number of hydrogen-bond acceptors (Lipinski definition) is 5. The lowest BCUT2D eigenvalue weighted by Crippen LogP contribution is -2.46. The molecule has 3 aromatic rings. The number of carbonyl (C=O) groups is 3. The number of carbonyl (C=O) groups excluding carboxylic acids is 3. The Morgan fingerprint density at radius 2 is 1.61 bits per heavy atom. The summed E-state index contributed by atoms with van der Waals surface area (Å²) in [6.07, 6.45) is 0. The topological polar surface area (TPSA) is 96.5 Å². The number of aryl methyl sites for hydroxylation is 1. The maximum absolute atomic E-state index is 12.9. The summed E-state index contributed by atoms with van der Waals surface area (Å²) in [7, 11) is 0. The number of benzene rings is 3. The number of ether oxygens (including phenoxy) is 1. The minimum absolute atomic E-state index is 0.268. The van der Waals surface area contributed by atoms with E-state index in [4.69, 9.17) is 4.74 Å². The molecular formula is C25H23N3O4S. The molecule has 1 aliphatic heterocycles. The van der Waals surface area contributed by atoms with Gasteiger partial charge in [-0.15, -0.1) is 11.8 Å². The van der Waals surface area contributed by atoms with Crippen molar-refractivity contribution in [1.29, 1.82) is 0 Å². The first-order chi connectivity index (χ1) is 15.8. The van der Waals surface area contributed by atoms with E-state index in [1.54, 1.807) is 43.3 Å². The van der Waals surface area contributed by atoms with Gasteiger partial charge < -0.3 is 15.4 Å². The molecule has 8 heteroatoms. The molecule has 0 radical (unpaired) electrons. The molecule has 33 heavy (non-hydrogen) atoms. The van der Waals surface area contributed by atoms with Crippen LogP contribution in [-0.4, -0.2) is 29.1 Å². The molecule has 7 nitrogen and oxygen atoms in total. The van der Waals surface area contributed by atoms with Gasteiger partial charge in [-0.3, -0.25) is 14.9 Å². The third-order valence-corrected chi connectivity index (χ3v) is 6.52. The fourth-order valence-electron chi connectivity index (χ4n) is 3.23. The fraction of sp³-hybridized carbons (Fsp3) is 0.160. The zero-order valence-corrected chi connectivity index (χ0v) is 19.0. The van der Waals surface area contributed by atoms with Crippen LogP contribution in [-0.2, 0) is 4.79 Å². The Hall–Kier alpha value is -3.78. The Labute approximate surface area is 195 Å². The molecule has 4 rings (SSSR count). The van der Waals surface area contributed by atoms with Crippen LogP contribution in [0.15, 0.2) is 77.7 Å². The second kappa shape index (κ2) is 9.38. The van der Waals surface area contributed by atoms with E-state index in [1.807, 2.05) is 43.3 Å². The Bertz CT molecular complexity index is 1200. The monoisotopic (exact) mass is 461 g/mol. The minimum Gasteiger partial charge on any atom is -0.457 e. The highest BCUT2D eigenvalue weighted by Crippen LogP contribution is 2.29. The van der Waals surface area contributed by atoms with Gasteiger partial charge >= 0.3 is 6.03 Å². The summed E-state index contributed by atoms with van der Waals surface area (Å²) in [5, 5.41) is 7.77. The van der Waals surface area contributed by atoms with Gasteiger partial charge in [0.15, 0.2) is 0 Å². The quantitative estimate of drug-likeness (QED) is 0.349. The first kappa shape index (κ1) is 22.4. The smallest absolute Gasteiger partial charge is 0.322 e. The molecule has 1 atom stereocenters. The molecular weight excluding hydrogens is 438 g/mol. The van der Waals surface area contributed by atoms with Crippen LogP contribution >= 0.6 is 11.8 Å². The molecule has 0 spiro atoms. The van der Waals surface area contributed by atoms with E-state index >= 15 is 0 Å². The van der Waals surface area contributed by atoms with Gasteiger partial charge in [0.05, 0.1) is 5.56 Å². The number of thioether (sulfide) groups is 1. The van der Waals surface area contributed by atoms with Crippen molar-refractivity contribution in [2.45, 2.75) is 24.3 Å². The van der Waals surface area contributed by atoms with Gasteiger partial charge in [0.1, 0.15) is 17.0 Å². The van der Waals surface area contributed by atoms with Gasteiger partial charge in [-0.2, -0.15) is 0 Å². The average Bonchev–Trinajstić information content (AvgIpc) is 3.06. The molecule has 4 amide bonds. The molecule has 1 saturated heterocycles. The van der Waals surface area contributed by atoms with Crippen LogP contribution in [0.5, 0.6) is 11.5 Å². The van der Waals surface area contributed by atoms with Crippen molar-refractivity contribution in [3.8, 4) is 11.5 Å². The number of amides is 4. The lowest BCUT2D eigenvalue weighted by atomic mass is 10.1. The molecule has 3 N–H and O–H groups in total. The Kier molecular flexibility index (Phi) is 6.37. The molecule has 0 aliphatic carbocycles. The Balaban J connectivity index is 1.41. The lowest BCUT2D eigenvalue weighted by molar-refractivity contribution is -0.122. The molecule has 0 unspecified atom stereocenters. The lowest BCUT2D eigenvalue weighted by Gasteiger charge is -2.20. The molecule has 0 bridgehead atoms. The SMILES string of the molecule is Cc1ccc(Oc2ccc(NC(=O)c3ccccc3SC[C@]3(C)NC(=O)NC3=O)cc2)cc1. The predicted molar refractivity (Wildman–Crippen MR) is 128 cm³/mol. The van der Waals surface area contributed by atoms with Crippen LogP contribution in [0.1, 0.15) is 22.8 Å². The third kappa shape index (κ3) is 5.35. The summed E-state index contributed by atoms with van der Waals surface area (Å²) < 4.78 is 5.82. The van der Waals surface area contributed by atoms with Crippen LogP contribution in [0.3, 0.4) is 0 Å². The summed E-state index contributed by atoms with van der Waals surface area (Å²) in [4.78, 5) is 37.2. The minimum atomic E-state index is -1.03. The normalized spacial score (nSPS) is 17.3. The van der Waals surface area contributed by atoms with Crippen LogP contribution in [0.25, 0.3) is 0 Å². The van der Waals surface area contributed by atoms with Gasteiger partial charge in [0, 0.05) is 16.3 Å². The van der Waals surface area contributed by atoms with Crippen LogP contribution in [0.4, 0.5) is 10.5 Å². The fourth-order valence-corrected chi connectivity index (χ4v) is 4.37. The number of nitrogens with one attached hydrogen (secondary N) is 3. The van der Waals surface area contributed by atoms with E-state index in [-0.39, 0.29) is 11.8 Å². The van der Waals surface area contributed by atoms with Crippen molar-refractivity contribution < 1.29 is 19.1 Å². The molecule has 0 aromatic heterocycles. The van der Waals surface area contributed by atoms with E-state index < -0.39 is 11.6 Å². The number of hydrogen-bond donors (Lipinski definition) is 3. The van der Waals surface area contributed by atoms with E-state index in [9.17, 15) is 14.4 Å². The van der Waals surface area contributed by atoms with Crippen LogP contribution < -0.4 is 20.7 Å². The van der Waals surface area contributed by atoms with Gasteiger partial charge in [0.25, 0.3) is 11.8 Å². The zero-order chi connectivity index (χ0) is 23.4. The third-order valence-electron chi connectivity index (χ3n) is 5.13. The number of rotatable bonds is 7. The number of anilines is 1. The highest BCUT2D eigenvalue weighted by Gasteiger charge is 2.41. The number of urea groups is 1. The summed E-state index contributed by atoms with van der Waals surface area (Å²) in [6, 6.07) is 21.5. The highest BCUT2D eigenvalue weighted by atomic mass is 32.2. The van der Waals surface area contributed by atoms with Crippen molar-refractivity contribution in [2.24, 2.45) is 0 Å². The zero-order valence-electron chi connectivity index (χ0n) is 18.2. The molecule has 168 valence electrons. The largest absolute Gasteiger partial charge is 0.457 e. The number of imide groups is 1. The van der Waals surface area contributed by atoms with E-state index in [1.165, 1.54) is 11.8 Å². The average molecular weight is 462 g/mol. The second-order valence-electron chi connectivity index (χ2n) is 7.92. The Morgan fingerprint density at radius 1 is 0.970 bits per heavy atom. The van der Waals surface area contributed by atoms with E-state index in [0.29, 0.717) is 27.6 Å². The molecule has 1 aliphatic rings. The first-order valence-corrected chi connectivity index (χ1v) is 11.3. The van der Waals surface area contributed by atoms with Crippen molar-refractivity contribution in [3.63, 3.8) is 0 Å². The Morgan fingerprint density at radius 3 is 2.24 bits per heavy atom. The second-order valence-corrected chi connectivity index (χ2v) is 8.94. The molecule has 3 aromatic carbocycles. The predicted octanol–water partition coefficient (Wildman–Crippen LogP) is 4.73. The maximum atomic E-state index is 12.9. The van der Waals surface area contributed by atoms with E-state index in [0.717, 1.165) is 11.3 Å². The van der Waals surface area contributed by atoms with Gasteiger partial charge in [-0.25, -0.2) is 4.79 Å². The van der Waals surface area contributed by atoms with Crippen molar-refractivity contribution in [2.75, 3.05) is 11.1 Å². The summed E-state index contributed by atoms with van der Waals surface area (Å²) in [5.41, 5.74) is 1.24. The van der Waals surface area contributed by atoms with Crippen molar-refractivity contribution in [3.05, 3.63) is 83.9 Å². The van der Waals surface area contributed by atoms with Gasteiger partial charge in [0.2, 0.25) is 0 Å².